The average Bonchev–Trinajstić information content (AvgIpc) is 2.17. The van der Waals surface area contributed by atoms with E-state index in [0.29, 0.717) is 5.56 Å². The molecule has 0 aromatic heterocycles. The summed E-state index contributed by atoms with van der Waals surface area (Å²) in [5.74, 6) is -0.400. The number of hydrogen-bond donors (Lipinski definition) is 1. The third-order valence-corrected chi connectivity index (χ3v) is 2.43. The molecule has 78 valence electrons. The molecule has 2 unspecified atom stereocenters. The van der Waals surface area contributed by atoms with Crippen LogP contribution in [0.4, 0.5) is 4.39 Å². The van der Waals surface area contributed by atoms with Crippen LogP contribution in [0.3, 0.4) is 0 Å². The van der Waals surface area contributed by atoms with Gasteiger partial charge in [0.1, 0.15) is 0 Å². The van der Waals surface area contributed by atoms with E-state index in [4.69, 9.17) is 4.74 Å². The van der Waals surface area contributed by atoms with Crippen LogP contribution in [0.5, 0.6) is 5.75 Å². The maximum atomic E-state index is 13.6. The maximum Gasteiger partial charge on any atom is 0.168 e. The molecule has 0 aliphatic heterocycles. The second kappa shape index (κ2) is 4.42. The zero-order valence-electron chi connectivity index (χ0n) is 8.62. The van der Waals surface area contributed by atoms with Crippen LogP contribution in [-0.4, -0.2) is 18.3 Å². The second-order valence-electron chi connectivity index (χ2n) is 3.39. The van der Waals surface area contributed by atoms with Gasteiger partial charge in [-0.15, -0.1) is 0 Å². The normalized spacial score (nSPS) is 14.9. The molecule has 14 heavy (non-hydrogen) atoms. The predicted octanol–water partition coefficient (Wildman–Crippen LogP) is 2.32. The van der Waals surface area contributed by atoms with Crippen molar-refractivity contribution >= 4 is 0 Å². The van der Waals surface area contributed by atoms with E-state index in [1.807, 2.05) is 0 Å². The molecule has 0 spiro atoms. The van der Waals surface area contributed by atoms with Crippen molar-refractivity contribution in [1.29, 1.82) is 0 Å². The van der Waals surface area contributed by atoms with Crippen LogP contribution in [0.25, 0.3) is 0 Å². The first-order valence-electron chi connectivity index (χ1n) is 4.58. The van der Waals surface area contributed by atoms with Crippen molar-refractivity contribution in [3.63, 3.8) is 0 Å². The fraction of sp³-hybridized carbons (Fsp3) is 0.455. The first kappa shape index (κ1) is 11.0. The summed E-state index contributed by atoms with van der Waals surface area (Å²) < 4.78 is 18.5. The van der Waals surface area contributed by atoms with Gasteiger partial charge < -0.3 is 9.84 Å². The van der Waals surface area contributed by atoms with Crippen molar-refractivity contribution in [1.82, 2.24) is 0 Å². The Kier molecular flexibility index (Phi) is 3.47. The summed E-state index contributed by atoms with van der Waals surface area (Å²) in [6.45, 7) is 3.42. The quantitative estimate of drug-likeness (QED) is 0.807. The summed E-state index contributed by atoms with van der Waals surface area (Å²) >= 11 is 0. The summed E-state index contributed by atoms with van der Waals surface area (Å²) in [5.41, 5.74) is 0.486. The molecule has 2 atom stereocenters. The summed E-state index contributed by atoms with van der Waals surface area (Å²) in [5, 5.41) is 9.35. The zero-order valence-corrected chi connectivity index (χ0v) is 8.62. The largest absolute Gasteiger partial charge is 0.494 e. The molecule has 0 bridgehead atoms. The molecule has 0 aliphatic rings. The monoisotopic (exact) mass is 198 g/mol. The molecule has 1 rings (SSSR count). The van der Waals surface area contributed by atoms with E-state index < -0.39 is 6.10 Å². The number of aliphatic hydroxyl groups is 1. The summed E-state index contributed by atoms with van der Waals surface area (Å²) in [7, 11) is 1.43. The predicted molar refractivity (Wildman–Crippen MR) is 53.0 cm³/mol. The summed E-state index contributed by atoms with van der Waals surface area (Å²) in [6.07, 6.45) is -0.573. The number of methoxy groups -OCH3 is 1. The molecule has 0 saturated carbocycles. The van der Waals surface area contributed by atoms with Gasteiger partial charge in [-0.05, 0) is 18.6 Å². The van der Waals surface area contributed by atoms with Gasteiger partial charge in [-0.2, -0.15) is 0 Å². The minimum Gasteiger partial charge on any atom is -0.494 e. The van der Waals surface area contributed by atoms with Crippen LogP contribution >= 0.6 is 0 Å². The van der Waals surface area contributed by atoms with Gasteiger partial charge in [-0.25, -0.2) is 4.39 Å². The highest BCUT2D eigenvalue weighted by Crippen LogP contribution is 2.27. The molecule has 3 heteroatoms. The van der Waals surface area contributed by atoms with Crippen molar-refractivity contribution in [2.24, 2.45) is 0 Å². The third-order valence-electron chi connectivity index (χ3n) is 2.43. The number of rotatable bonds is 3. The Balaban J connectivity index is 3.09. The standard InChI is InChI=1S/C11H15FO2/c1-7(8(2)13)9-5-4-6-10(14-3)11(9)12/h4-8,13H,1-3H3. The molecule has 0 amide bonds. The Bertz CT molecular complexity index is 310. The topological polar surface area (TPSA) is 29.5 Å². The molecule has 1 aromatic rings. The van der Waals surface area contributed by atoms with Crippen LogP contribution in [-0.2, 0) is 0 Å². The molecule has 1 N–H and O–H groups in total. The number of aliphatic hydroxyl groups excluding tert-OH is 1. The summed E-state index contributed by atoms with van der Waals surface area (Å²) in [4.78, 5) is 0. The van der Waals surface area contributed by atoms with Crippen LogP contribution in [0.1, 0.15) is 25.3 Å². The SMILES string of the molecule is COc1cccc(C(C)C(C)O)c1F. The highest BCUT2D eigenvalue weighted by molar-refractivity contribution is 5.33. The van der Waals surface area contributed by atoms with Crippen molar-refractivity contribution in [2.75, 3.05) is 7.11 Å². The van der Waals surface area contributed by atoms with Crippen molar-refractivity contribution in [3.8, 4) is 5.75 Å². The molecule has 2 nitrogen and oxygen atoms in total. The minimum atomic E-state index is -0.573. The minimum absolute atomic E-state index is 0.218. The van der Waals surface area contributed by atoms with Gasteiger partial charge in [0.05, 0.1) is 13.2 Å². The zero-order chi connectivity index (χ0) is 10.7. The molecular formula is C11H15FO2. The van der Waals surface area contributed by atoms with Crippen molar-refractivity contribution < 1.29 is 14.2 Å². The third kappa shape index (κ3) is 2.04. The van der Waals surface area contributed by atoms with Crippen LogP contribution < -0.4 is 4.74 Å². The fourth-order valence-corrected chi connectivity index (χ4v) is 1.30. The Hall–Kier alpha value is -1.09. The van der Waals surface area contributed by atoms with Gasteiger partial charge in [0.2, 0.25) is 0 Å². The van der Waals surface area contributed by atoms with Crippen molar-refractivity contribution in [3.05, 3.63) is 29.6 Å². The number of hydrogen-bond acceptors (Lipinski definition) is 2. The molecule has 0 fully saturated rings. The first-order valence-corrected chi connectivity index (χ1v) is 4.58. The van der Waals surface area contributed by atoms with Gasteiger partial charge in [0, 0.05) is 5.92 Å². The van der Waals surface area contributed by atoms with Crippen LogP contribution in [0, 0.1) is 5.82 Å². The molecule has 0 aliphatic carbocycles. The highest BCUT2D eigenvalue weighted by Gasteiger charge is 2.17. The van der Waals surface area contributed by atoms with E-state index in [-0.39, 0.29) is 17.5 Å². The number of benzene rings is 1. The molecule has 0 radical (unpaired) electrons. The lowest BCUT2D eigenvalue weighted by atomic mass is 9.95. The van der Waals surface area contributed by atoms with Crippen molar-refractivity contribution in [2.45, 2.75) is 25.9 Å². The first-order chi connectivity index (χ1) is 6.57. The molecular weight excluding hydrogens is 183 g/mol. The Labute approximate surface area is 83.3 Å². The van der Waals surface area contributed by atoms with Gasteiger partial charge in [0.15, 0.2) is 11.6 Å². The number of ether oxygens (including phenoxy) is 1. The average molecular weight is 198 g/mol. The molecule has 0 heterocycles. The van der Waals surface area contributed by atoms with E-state index in [9.17, 15) is 9.50 Å². The van der Waals surface area contributed by atoms with Gasteiger partial charge in [-0.1, -0.05) is 19.1 Å². The van der Waals surface area contributed by atoms with E-state index in [1.165, 1.54) is 7.11 Å². The number of halogens is 1. The lowest BCUT2D eigenvalue weighted by molar-refractivity contribution is 0.167. The highest BCUT2D eigenvalue weighted by atomic mass is 19.1. The second-order valence-corrected chi connectivity index (χ2v) is 3.39. The molecule has 1 aromatic carbocycles. The van der Waals surface area contributed by atoms with Gasteiger partial charge in [-0.3, -0.25) is 0 Å². The Morgan fingerprint density at radius 1 is 1.36 bits per heavy atom. The lowest BCUT2D eigenvalue weighted by Crippen LogP contribution is -2.12. The van der Waals surface area contributed by atoms with E-state index in [1.54, 1.807) is 32.0 Å². The van der Waals surface area contributed by atoms with E-state index in [0.717, 1.165) is 0 Å². The van der Waals surface area contributed by atoms with Gasteiger partial charge >= 0.3 is 0 Å². The van der Waals surface area contributed by atoms with Crippen LogP contribution in [0.2, 0.25) is 0 Å². The fourth-order valence-electron chi connectivity index (χ4n) is 1.30. The van der Waals surface area contributed by atoms with Gasteiger partial charge in [0.25, 0.3) is 0 Å². The Morgan fingerprint density at radius 3 is 2.50 bits per heavy atom. The van der Waals surface area contributed by atoms with E-state index >= 15 is 0 Å². The maximum absolute atomic E-state index is 13.6. The molecule has 0 saturated heterocycles. The Morgan fingerprint density at radius 2 is 2.00 bits per heavy atom. The van der Waals surface area contributed by atoms with E-state index in [2.05, 4.69) is 0 Å². The smallest absolute Gasteiger partial charge is 0.168 e. The summed E-state index contributed by atoms with van der Waals surface area (Å²) in [6, 6.07) is 4.94. The van der Waals surface area contributed by atoms with Crippen LogP contribution in [0.15, 0.2) is 18.2 Å². The lowest BCUT2D eigenvalue weighted by Gasteiger charge is -2.16.